The number of halogens is 4. The van der Waals surface area contributed by atoms with Gasteiger partial charge in [0, 0.05) is 16.8 Å². The molecule has 2 N–H and O–H groups in total. The summed E-state index contributed by atoms with van der Waals surface area (Å²) in [5.74, 6) is -0.170. The van der Waals surface area contributed by atoms with Crippen molar-refractivity contribution in [2.75, 3.05) is 12.0 Å². The topological polar surface area (TPSA) is 60.2 Å². The highest BCUT2D eigenvalue weighted by atomic mass is 79.9. The van der Waals surface area contributed by atoms with Gasteiger partial charge in [-0.15, -0.1) is 0 Å². The predicted molar refractivity (Wildman–Crippen MR) is 70.4 cm³/mol. The van der Waals surface area contributed by atoms with E-state index in [0.717, 1.165) is 18.4 Å². The third-order valence-corrected chi connectivity index (χ3v) is 4.22. The van der Waals surface area contributed by atoms with Crippen molar-refractivity contribution >= 4 is 25.8 Å². The number of nitrogens with two attached hydrogens (primary N) is 1. The summed E-state index contributed by atoms with van der Waals surface area (Å²) in [7, 11) is -3.20. The van der Waals surface area contributed by atoms with E-state index in [-0.39, 0.29) is 17.7 Å². The van der Waals surface area contributed by atoms with Crippen LogP contribution in [-0.2, 0) is 16.0 Å². The molecule has 0 aliphatic carbocycles. The number of sulfone groups is 1. The van der Waals surface area contributed by atoms with Gasteiger partial charge in [-0.1, -0.05) is 15.9 Å². The highest BCUT2D eigenvalue weighted by molar-refractivity contribution is 9.10. The van der Waals surface area contributed by atoms with Gasteiger partial charge in [0.25, 0.3) is 0 Å². The molecule has 0 saturated carbocycles. The standard InChI is InChI=1S/C11H13BrF3NO2S/c1-19(17,18)5-4-10(16)8-6-7(11(13,14)15)2-3-9(8)12/h2-3,6,10H,4-5,16H2,1H3. The lowest BCUT2D eigenvalue weighted by Crippen LogP contribution is -2.17. The largest absolute Gasteiger partial charge is 0.416 e. The Hall–Kier alpha value is -0.600. The van der Waals surface area contributed by atoms with Crippen LogP contribution in [0.1, 0.15) is 23.6 Å². The van der Waals surface area contributed by atoms with Crippen molar-refractivity contribution in [3.63, 3.8) is 0 Å². The maximum atomic E-state index is 12.6. The van der Waals surface area contributed by atoms with Crippen molar-refractivity contribution < 1.29 is 21.6 Å². The van der Waals surface area contributed by atoms with Gasteiger partial charge in [-0.2, -0.15) is 13.2 Å². The summed E-state index contributed by atoms with van der Waals surface area (Å²) >= 11 is 3.12. The van der Waals surface area contributed by atoms with Crippen molar-refractivity contribution in [2.24, 2.45) is 5.73 Å². The lowest BCUT2D eigenvalue weighted by molar-refractivity contribution is -0.137. The summed E-state index contributed by atoms with van der Waals surface area (Å²) in [4.78, 5) is 0. The van der Waals surface area contributed by atoms with Crippen molar-refractivity contribution in [1.82, 2.24) is 0 Å². The molecule has 19 heavy (non-hydrogen) atoms. The van der Waals surface area contributed by atoms with Crippen molar-refractivity contribution in [3.05, 3.63) is 33.8 Å². The van der Waals surface area contributed by atoms with Crippen LogP contribution in [0.15, 0.2) is 22.7 Å². The normalized spacial score (nSPS) is 14.4. The minimum Gasteiger partial charge on any atom is -0.324 e. The molecule has 1 atom stereocenters. The average Bonchev–Trinajstić information content (AvgIpc) is 2.24. The fourth-order valence-corrected chi connectivity index (χ4v) is 2.72. The second-order valence-electron chi connectivity index (χ2n) is 4.26. The summed E-state index contributed by atoms with van der Waals surface area (Å²) in [5.41, 5.74) is 5.20. The lowest BCUT2D eigenvalue weighted by Gasteiger charge is -2.16. The third-order valence-electron chi connectivity index (χ3n) is 2.52. The predicted octanol–water partition coefficient (Wildman–Crippen LogP) is 2.90. The molecule has 1 rings (SSSR count). The summed E-state index contributed by atoms with van der Waals surface area (Å²) in [5, 5.41) is 0. The van der Waals surface area contributed by atoms with Gasteiger partial charge in [-0.3, -0.25) is 0 Å². The van der Waals surface area contributed by atoms with Crippen molar-refractivity contribution in [3.8, 4) is 0 Å². The maximum absolute atomic E-state index is 12.6. The first-order valence-corrected chi connectivity index (χ1v) is 8.16. The Balaban J connectivity index is 2.99. The Labute approximate surface area is 118 Å². The molecule has 1 unspecified atom stereocenters. The fourth-order valence-electron chi connectivity index (χ4n) is 1.50. The monoisotopic (exact) mass is 359 g/mol. The zero-order chi connectivity index (χ0) is 14.8. The van der Waals surface area contributed by atoms with Gasteiger partial charge in [0.15, 0.2) is 0 Å². The first-order chi connectivity index (χ1) is 8.50. The Kier molecular flexibility index (Phi) is 5.02. The van der Waals surface area contributed by atoms with E-state index in [1.807, 2.05) is 0 Å². The van der Waals surface area contributed by atoms with Gasteiger partial charge in [0.1, 0.15) is 9.84 Å². The highest BCUT2D eigenvalue weighted by Crippen LogP contribution is 2.34. The zero-order valence-corrected chi connectivity index (χ0v) is 12.4. The van der Waals surface area contributed by atoms with E-state index in [2.05, 4.69) is 15.9 Å². The van der Waals surface area contributed by atoms with Gasteiger partial charge < -0.3 is 5.73 Å². The smallest absolute Gasteiger partial charge is 0.324 e. The quantitative estimate of drug-likeness (QED) is 0.898. The zero-order valence-electron chi connectivity index (χ0n) is 10.0. The molecule has 108 valence electrons. The molecule has 1 aromatic rings. The first kappa shape index (κ1) is 16.5. The Morgan fingerprint density at radius 2 is 1.95 bits per heavy atom. The summed E-state index contributed by atoms with van der Waals surface area (Å²) < 4.78 is 60.3. The third kappa shape index (κ3) is 5.12. The van der Waals surface area contributed by atoms with Crippen LogP contribution < -0.4 is 5.73 Å². The number of alkyl halides is 3. The molecule has 0 aromatic heterocycles. The maximum Gasteiger partial charge on any atom is 0.416 e. The van der Waals surface area contributed by atoms with E-state index in [1.165, 1.54) is 6.07 Å². The molecular formula is C11H13BrF3NO2S. The second-order valence-corrected chi connectivity index (χ2v) is 7.37. The molecule has 1 aromatic carbocycles. The van der Waals surface area contributed by atoms with Crippen LogP contribution in [0.25, 0.3) is 0 Å². The van der Waals surface area contributed by atoms with E-state index in [9.17, 15) is 21.6 Å². The minimum absolute atomic E-state index is 0.0682. The summed E-state index contributed by atoms with van der Waals surface area (Å²) in [6.07, 6.45) is -3.33. The van der Waals surface area contributed by atoms with E-state index in [0.29, 0.717) is 4.47 Å². The summed E-state index contributed by atoms with van der Waals surface area (Å²) in [6, 6.07) is 2.37. The molecule has 0 fully saturated rings. The van der Waals surface area contributed by atoms with E-state index in [1.54, 1.807) is 0 Å². The Morgan fingerprint density at radius 1 is 1.37 bits per heavy atom. The van der Waals surface area contributed by atoms with Crippen LogP contribution in [0.2, 0.25) is 0 Å². The molecule has 0 aliphatic rings. The minimum atomic E-state index is -4.45. The summed E-state index contributed by atoms with van der Waals surface area (Å²) in [6.45, 7) is 0. The molecule has 0 spiro atoms. The Bertz CT molecular complexity index is 558. The van der Waals surface area contributed by atoms with E-state index < -0.39 is 27.6 Å². The van der Waals surface area contributed by atoms with Gasteiger partial charge in [-0.05, 0) is 30.2 Å². The van der Waals surface area contributed by atoms with Crippen molar-refractivity contribution in [1.29, 1.82) is 0 Å². The molecule has 3 nitrogen and oxygen atoms in total. The molecule has 0 saturated heterocycles. The molecular weight excluding hydrogens is 347 g/mol. The molecule has 0 radical (unpaired) electrons. The van der Waals surface area contributed by atoms with Crippen molar-refractivity contribution in [2.45, 2.75) is 18.6 Å². The van der Waals surface area contributed by atoms with Crippen LogP contribution in [0.3, 0.4) is 0 Å². The molecule has 0 heterocycles. The number of hydrogen-bond donors (Lipinski definition) is 1. The van der Waals surface area contributed by atoms with E-state index in [4.69, 9.17) is 5.73 Å². The number of rotatable bonds is 4. The molecule has 0 amide bonds. The molecule has 0 bridgehead atoms. The van der Waals surface area contributed by atoms with Crippen LogP contribution in [0.4, 0.5) is 13.2 Å². The Morgan fingerprint density at radius 3 is 2.42 bits per heavy atom. The SMILES string of the molecule is CS(=O)(=O)CCC(N)c1cc(C(F)(F)F)ccc1Br. The van der Waals surface area contributed by atoms with Crippen LogP contribution in [0, 0.1) is 0 Å². The number of benzene rings is 1. The molecule has 8 heteroatoms. The lowest BCUT2D eigenvalue weighted by atomic mass is 10.0. The van der Waals surface area contributed by atoms with Gasteiger partial charge in [-0.25, -0.2) is 8.42 Å². The van der Waals surface area contributed by atoms with Gasteiger partial charge in [0.2, 0.25) is 0 Å². The average molecular weight is 360 g/mol. The second kappa shape index (κ2) is 5.80. The van der Waals surface area contributed by atoms with E-state index >= 15 is 0 Å². The highest BCUT2D eigenvalue weighted by Gasteiger charge is 2.31. The van der Waals surface area contributed by atoms with Crippen LogP contribution >= 0.6 is 15.9 Å². The van der Waals surface area contributed by atoms with Crippen LogP contribution in [0.5, 0.6) is 0 Å². The van der Waals surface area contributed by atoms with Gasteiger partial charge in [0.05, 0.1) is 11.3 Å². The first-order valence-electron chi connectivity index (χ1n) is 5.30. The van der Waals surface area contributed by atoms with Gasteiger partial charge >= 0.3 is 6.18 Å². The molecule has 0 aliphatic heterocycles. The fraction of sp³-hybridized carbons (Fsp3) is 0.455. The van der Waals surface area contributed by atoms with Crippen LogP contribution in [-0.4, -0.2) is 20.4 Å². The number of hydrogen-bond acceptors (Lipinski definition) is 3.